The molecule has 1 aromatic carbocycles. The van der Waals surface area contributed by atoms with Crippen LogP contribution in [0.5, 0.6) is 17.2 Å². The van der Waals surface area contributed by atoms with E-state index < -0.39 is 11.7 Å². The van der Waals surface area contributed by atoms with Crippen molar-refractivity contribution in [2.24, 2.45) is 0 Å². The van der Waals surface area contributed by atoms with Gasteiger partial charge in [-0.1, -0.05) is 0 Å². The second kappa shape index (κ2) is 5.29. The van der Waals surface area contributed by atoms with Crippen LogP contribution in [0, 0.1) is 0 Å². The van der Waals surface area contributed by atoms with Crippen molar-refractivity contribution in [1.29, 1.82) is 0 Å². The molecule has 0 amide bonds. The quantitative estimate of drug-likeness (QED) is 0.909. The number of fused-ring (bicyclic) bond motifs is 1. The SMILES string of the molecule is CCOc1ccc2c(c1OCC)OC(C)(C)CC2O. The number of ether oxygens (including phenoxy) is 3. The summed E-state index contributed by atoms with van der Waals surface area (Å²) in [6.07, 6.45) is 0.0353. The smallest absolute Gasteiger partial charge is 0.203 e. The second-order valence-electron chi connectivity index (χ2n) is 5.26. The average molecular weight is 266 g/mol. The second-order valence-corrected chi connectivity index (χ2v) is 5.26. The fraction of sp³-hybridized carbons (Fsp3) is 0.600. The Morgan fingerprint density at radius 1 is 1.26 bits per heavy atom. The highest BCUT2D eigenvalue weighted by Gasteiger charge is 2.35. The zero-order valence-corrected chi connectivity index (χ0v) is 12.0. The molecular weight excluding hydrogens is 244 g/mol. The molecule has 0 fully saturated rings. The van der Waals surface area contributed by atoms with Gasteiger partial charge in [0.2, 0.25) is 5.75 Å². The average Bonchev–Trinajstić information content (AvgIpc) is 2.31. The predicted molar refractivity (Wildman–Crippen MR) is 73.1 cm³/mol. The molecule has 106 valence electrons. The molecule has 0 spiro atoms. The number of benzene rings is 1. The van der Waals surface area contributed by atoms with Gasteiger partial charge in [0.05, 0.1) is 19.3 Å². The molecule has 1 atom stereocenters. The molecule has 0 aromatic heterocycles. The van der Waals surface area contributed by atoms with E-state index in [1.54, 1.807) is 0 Å². The summed E-state index contributed by atoms with van der Waals surface area (Å²) in [5, 5.41) is 10.2. The third kappa shape index (κ3) is 2.78. The van der Waals surface area contributed by atoms with Crippen molar-refractivity contribution in [2.75, 3.05) is 13.2 Å². The van der Waals surface area contributed by atoms with Crippen LogP contribution in [0.3, 0.4) is 0 Å². The maximum absolute atomic E-state index is 10.2. The molecule has 1 heterocycles. The standard InChI is InChI=1S/C15H22O4/c1-5-17-12-8-7-10-11(16)9-15(3,4)19-13(10)14(12)18-6-2/h7-8,11,16H,5-6,9H2,1-4H3. The van der Waals surface area contributed by atoms with E-state index in [-0.39, 0.29) is 0 Å². The maximum atomic E-state index is 10.2. The van der Waals surface area contributed by atoms with Gasteiger partial charge < -0.3 is 19.3 Å². The van der Waals surface area contributed by atoms with E-state index in [0.29, 0.717) is 36.9 Å². The number of rotatable bonds is 4. The lowest BCUT2D eigenvalue weighted by molar-refractivity contribution is 0.00839. The summed E-state index contributed by atoms with van der Waals surface area (Å²) < 4.78 is 17.2. The third-order valence-corrected chi connectivity index (χ3v) is 3.12. The van der Waals surface area contributed by atoms with Gasteiger partial charge in [-0.15, -0.1) is 0 Å². The van der Waals surface area contributed by atoms with Gasteiger partial charge in [-0.2, -0.15) is 0 Å². The summed E-state index contributed by atoms with van der Waals surface area (Å²) in [6, 6.07) is 3.68. The van der Waals surface area contributed by atoms with Crippen LogP contribution in [0.2, 0.25) is 0 Å². The molecule has 0 saturated heterocycles. The van der Waals surface area contributed by atoms with Gasteiger partial charge in [0, 0.05) is 12.0 Å². The first-order chi connectivity index (χ1) is 8.98. The molecule has 2 rings (SSSR count). The number of hydrogen-bond donors (Lipinski definition) is 1. The van der Waals surface area contributed by atoms with Crippen LogP contribution in [-0.4, -0.2) is 23.9 Å². The molecule has 1 aliphatic heterocycles. The van der Waals surface area contributed by atoms with Gasteiger partial charge in [-0.25, -0.2) is 0 Å². The zero-order valence-electron chi connectivity index (χ0n) is 12.0. The molecule has 19 heavy (non-hydrogen) atoms. The zero-order chi connectivity index (χ0) is 14.0. The monoisotopic (exact) mass is 266 g/mol. The van der Waals surface area contributed by atoms with Crippen LogP contribution in [0.15, 0.2) is 12.1 Å². The Labute approximate surface area is 114 Å². The Balaban J connectivity index is 2.50. The largest absolute Gasteiger partial charge is 0.490 e. The molecule has 1 aliphatic rings. The minimum Gasteiger partial charge on any atom is -0.490 e. The molecule has 0 radical (unpaired) electrons. The van der Waals surface area contributed by atoms with Crippen molar-refractivity contribution in [3.63, 3.8) is 0 Å². The molecular formula is C15H22O4. The van der Waals surface area contributed by atoms with E-state index in [9.17, 15) is 5.11 Å². The third-order valence-electron chi connectivity index (χ3n) is 3.12. The number of aliphatic hydroxyl groups excluding tert-OH is 1. The first-order valence-corrected chi connectivity index (χ1v) is 6.78. The van der Waals surface area contributed by atoms with Crippen LogP contribution in [0.1, 0.15) is 45.8 Å². The molecule has 0 aliphatic carbocycles. The van der Waals surface area contributed by atoms with E-state index in [0.717, 1.165) is 5.56 Å². The molecule has 1 unspecified atom stereocenters. The summed E-state index contributed by atoms with van der Waals surface area (Å²) in [6.45, 7) is 8.85. The van der Waals surface area contributed by atoms with Gasteiger partial charge in [-0.05, 0) is 39.8 Å². The molecule has 0 saturated carbocycles. The van der Waals surface area contributed by atoms with Gasteiger partial charge in [0.25, 0.3) is 0 Å². The lowest BCUT2D eigenvalue weighted by atomic mass is 9.91. The lowest BCUT2D eigenvalue weighted by Crippen LogP contribution is -2.35. The number of aliphatic hydroxyl groups is 1. The Bertz CT molecular complexity index is 454. The van der Waals surface area contributed by atoms with Crippen LogP contribution >= 0.6 is 0 Å². The van der Waals surface area contributed by atoms with Crippen molar-refractivity contribution in [3.05, 3.63) is 17.7 Å². The van der Waals surface area contributed by atoms with E-state index in [1.807, 2.05) is 39.8 Å². The van der Waals surface area contributed by atoms with Crippen molar-refractivity contribution in [3.8, 4) is 17.2 Å². The van der Waals surface area contributed by atoms with Crippen molar-refractivity contribution < 1.29 is 19.3 Å². The van der Waals surface area contributed by atoms with Crippen molar-refractivity contribution in [1.82, 2.24) is 0 Å². The molecule has 4 nitrogen and oxygen atoms in total. The highest BCUT2D eigenvalue weighted by molar-refractivity contribution is 5.57. The van der Waals surface area contributed by atoms with Gasteiger partial charge >= 0.3 is 0 Å². The lowest BCUT2D eigenvalue weighted by Gasteiger charge is -2.36. The Kier molecular flexibility index (Phi) is 3.90. The summed E-state index contributed by atoms with van der Waals surface area (Å²) in [5.41, 5.74) is 0.356. The maximum Gasteiger partial charge on any atom is 0.203 e. The summed E-state index contributed by atoms with van der Waals surface area (Å²) >= 11 is 0. The summed E-state index contributed by atoms with van der Waals surface area (Å²) in [4.78, 5) is 0. The van der Waals surface area contributed by atoms with Crippen LogP contribution in [0.25, 0.3) is 0 Å². The first-order valence-electron chi connectivity index (χ1n) is 6.78. The summed E-state index contributed by atoms with van der Waals surface area (Å²) in [7, 11) is 0. The normalized spacial score (nSPS) is 20.4. The van der Waals surface area contributed by atoms with E-state index in [4.69, 9.17) is 14.2 Å². The van der Waals surface area contributed by atoms with E-state index in [2.05, 4.69) is 0 Å². The van der Waals surface area contributed by atoms with Crippen LogP contribution in [-0.2, 0) is 0 Å². The van der Waals surface area contributed by atoms with Gasteiger partial charge in [0.1, 0.15) is 5.60 Å². The Morgan fingerprint density at radius 2 is 1.95 bits per heavy atom. The Hall–Kier alpha value is -1.42. The summed E-state index contributed by atoms with van der Waals surface area (Å²) in [5.74, 6) is 1.86. The first kappa shape index (κ1) is 14.0. The number of hydrogen-bond acceptors (Lipinski definition) is 4. The van der Waals surface area contributed by atoms with E-state index in [1.165, 1.54) is 0 Å². The van der Waals surface area contributed by atoms with Crippen molar-refractivity contribution >= 4 is 0 Å². The topological polar surface area (TPSA) is 47.9 Å². The predicted octanol–water partition coefficient (Wildman–Crippen LogP) is 3.08. The highest BCUT2D eigenvalue weighted by atomic mass is 16.6. The fourth-order valence-electron chi connectivity index (χ4n) is 2.37. The molecule has 4 heteroatoms. The minimum absolute atomic E-state index is 0.414. The van der Waals surface area contributed by atoms with Gasteiger partial charge in [0.15, 0.2) is 11.5 Å². The van der Waals surface area contributed by atoms with Crippen LogP contribution < -0.4 is 14.2 Å². The highest BCUT2D eigenvalue weighted by Crippen LogP contribution is 2.48. The minimum atomic E-state index is -0.534. The van der Waals surface area contributed by atoms with E-state index >= 15 is 0 Å². The molecule has 1 aromatic rings. The van der Waals surface area contributed by atoms with Crippen molar-refractivity contribution in [2.45, 2.75) is 45.8 Å². The molecule has 1 N–H and O–H groups in total. The molecule has 0 bridgehead atoms. The Morgan fingerprint density at radius 3 is 2.58 bits per heavy atom. The van der Waals surface area contributed by atoms with Crippen LogP contribution in [0.4, 0.5) is 0 Å². The fourth-order valence-corrected chi connectivity index (χ4v) is 2.37. The van der Waals surface area contributed by atoms with Gasteiger partial charge in [-0.3, -0.25) is 0 Å².